The van der Waals surface area contributed by atoms with Crippen molar-refractivity contribution in [3.05, 3.63) is 24.3 Å². The molecule has 0 bridgehead atoms. The van der Waals surface area contributed by atoms with E-state index in [1.807, 2.05) is 31.2 Å². The fourth-order valence-electron chi connectivity index (χ4n) is 1.56. The van der Waals surface area contributed by atoms with Crippen molar-refractivity contribution in [3.8, 4) is 5.75 Å². The molecule has 0 aromatic heterocycles. The normalized spacial score (nSPS) is 10.0. The molecule has 94 valence electrons. The van der Waals surface area contributed by atoms with Gasteiger partial charge < -0.3 is 16.2 Å². The molecule has 0 fully saturated rings. The summed E-state index contributed by atoms with van der Waals surface area (Å²) in [6.45, 7) is 3.45. The first kappa shape index (κ1) is 13.3. The molecular formula is C12H19N3O2. The van der Waals surface area contributed by atoms with Gasteiger partial charge in [0.2, 0.25) is 0 Å². The molecule has 0 spiro atoms. The fraction of sp³-hybridized carbons (Fsp3) is 0.417. The Kier molecular flexibility index (Phi) is 5.29. The highest BCUT2D eigenvalue weighted by Crippen LogP contribution is 2.27. The molecule has 0 atom stereocenters. The zero-order valence-electron chi connectivity index (χ0n) is 10.1. The summed E-state index contributed by atoms with van der Waals surface area (Å²) in [5, 5.41) is 0. The minimum Gasteiger partial charge on any atom is -0.492 e. The van der Waals surface area contributed by atoms with Crippen LogP contribution in [0.3, 0.4) is 0 Å². The van der Waals surface area contributed by atoms with Crippen molar-refractivity contribution >= 4 is 11.7 Å². The number of carbonyl (C=O) groups is 1. The summed E-state index contributed by atoms with van der Waals surface area (Å²) in [5.74, 6) is 0.658. The maximum Gasteiger partial charge on any atom is 0.319 e. The molecule has 1 aromatic carbocycles. The zero-order chi connectivity index (χ0) is 12.7. The predicted molar refractivity (Wildman–Crippen MR) is 68.2 cm³/mol. The standard InChI is InChI=1S/C12H19N3O2/c1-2-17-11-7-4-3-6-10(11)15(12(14)16)9-5-8-13/h3-4,6-7H,2,5,8-9,13H2,1H3,(H2,14,16). The van der Waals surface area contributed by atoms with Crippen LogP contribution in [-0.2, 0) is 0 Å². The van der Waals surface area contributed by atoms with Crippen LogP contribution in [0.5, 0.6) is 5.75 Å². The van der Waals surface area contributed by atoms with Crippen LogP contribution < -0.4 is 21.1 Å². The quantitative estimate of drug-likeness (QED) is 0.782. The number of amides is 2. The molecule has 0 unspecified atom stereocenters. The van der Waals surface area contributed by atoms with E-state index in [9.17, 15) is 4.79 Å². The smallest absolute Gasteiger partial charge is 0.319 e. The molecule has 1 aromatic rings. The van der Waals surface area contributed by atoms with Gasteiger partial charge in [0.05, 0.1) is 12.3 Å². The Bertz CT molecular complexity index is 369. The van der Waals surface area contributed by atoms with E-state index >= 15 is 0 Å². The van der Waals surface area contributed by atoms with Gasteiger partial charge in [0.25, 0.3) is 0 Å². The first-order valence-electron chi connectivity index (χ1n) is 5.69. The minimum atomic E-state index is -0.495. The summed E-state index contributed by atoms with van der Waals surface area (Å²) in [5.41, 5.74) is 11.5. The number of nitrogens with zero attached hydrogens (tertiary/aromatic N) is 1. The molecule has 0 aliphatic rings. The molecule has 0 radical (unpaired) electrons. The third kappa shape index (κ3) is 3.64. The van der Waals surface area contributed by atoms with E-state index in [1.165, 1.54) is 4.90 Å². The molecule has 0 aliphatic heterocycles. The first-order chi connectivity index (χ1) is 8.20. The number of para-hydroxylation sites is 2. The Morgan fingerprint density at radius 2 is 2.12 bits per heavy atom. The van der Waals surface area contributed by atoms with Gasteiger partial charge in [0.15, 0.2) is 0 Å². The minimum absolute atomic E-state index is 0.495. The highest BCUT2D eigenvalue weighted by molar-refractivity contribution is 5.92. The van der Waals surface area contributed by atoms with Gasteiger partial charge in [-0.1, -0.05) is 12.1 Å². The first-order valence-corrected chi connectivity index (χ1v) is 5.69. The molecule has 2 amide bonds. The van der Waals surface area contributed by atoms with Crippen molar-refractivity contribution in [2.75, 3.05) is 24.6 Å². The van der Waals surface area contributed by atoms with Gasteiger partial charge in [-0.25, -0.2) is 4.79 Å². The van der Waals surface area contributed by atoms with E-state index < -0.39 is 6.03 Å². The van der Waals surface area contributed by atoms with E-state index in [1.54, 1.807) is 0 Å². The zero-order valence-corrected chi connectivity index (χ0v) is 10.1. The molecule has 4 N–H and O–H groups in total. The van der Waals surface area contributed by atoms with E-state index in [-0.39, 0.29) is 0 Å². The van der Waals surface area contributed by atoms with Gasteiger partial charge in [0.1, 0.15) is 5.75 Å². The Balaban J connectivity index is 2.95. The van der Waals surface area contributed by atoms with Gasteiger partial charge >= 0.3 is 6.03 Å². The Morgan fingerprint density at radius 1 is 1.41 bits per heavy atom. The second-order valence-electron chi connectivity index (χ2n) is 3.53. The Labute approximate surface area is 101 Å². The van der Waals surface area contributed by atoms with Crippen LogP contribution in [0.1, 0.15) is 13.3 Å². The average Bonchev–Trinajstić information content (AvgIpc) is 2.31. The highest BCUT2D eigenvalue weighted by Gasteiger charge is 2.15. The monoisotopic (exact) mass is 237 g/mol. The van der Waals surface area contributed by atoms with Crippen LogP contribution in [0.4, 0.5) is 10.5 Å². The van der Waals surface area contributed by atoms with E-state index in [4.69, 9.17) is 16.2 Å². The largest absolute Gasteiger partial charge is 0.492 e. The topological polar surface area (TPSA) is 81.6 Å². The van der Waals surface area contributed by atoms with Crippen LogP contribution >= 0.6 is 0 Å². The number of nitrogens with two attached hydrogens (primary N) is 2. The Morgan fingerprint density at radius 3 is 2.71 bits per heavy atom. The lowest BCUT2D eigenvalue weighted by Crippen LogP contribution is -2.37. The predicted octanol–water partition coefficient (Wildman–Crippen LogP) is 1.32. The number of hydrogen-bond donors (Lipinski definition) is 2. The molecule has 0 saturated heterocycles. The number of rotatable bonds is 6. The summed E-state index contributed by atoms with van der Waals surface area (Å²) < 4.78 is 5.47. The molecule has 0 saturated carbocycles. The number of anilines is 1. The molecule has 5 nitrogen and oxygen atoms in total. The van der Waals surface area contributed by atoms with Crippen molar-refractivity contribution in [3.63, 3.8) is 0 Å². The van der Waals surface area contributed by atoms with Crippen molar-refractivity contribution in [1.82, 2.24) is 0 Å². The van der Waals surface area contributed by atoms with Gasteiger partial charge in [0, 0.05) is 6.54 Å². The van der Waals surface area contributed by atoms with E-state index in [0.29, 0.717) is 37.6 Å². The van der Waals surface area contributed by atoms with Crippen molar-refractivity contribution in [2.24, 2.45) is 11.5 Å². The van der Waals surface area contributed by atoms with E-state index in [2.05, 4.69) is 0 Å². The number of urea groups is 1. The lowest BCUT2D eigenvalue weighted by atomic mass is 10.2. The van der Waals surface area contributed by atoms with Gasteiger partial charge in [-0.05, 0) is 32.0 Å². The maximum absolute atomic E-state index is 11.4. The summed E-state index contributed by atoms with van der Waals surface area (Å²) >= 11 is 0. The number of ether oxygens (including phenoxy) is 1. The molecule has 0 heterocycles. The summed E-state index contributed by atoms with van der Waals surface area (Å²) in [6.07, 6.45) is 0.698. The van der Waals surface area contributed by atoms with Crippen LogP contribution in [0.15, 0.2) is 24.3 Å². The molecule has 1 rings (SSSR count). The van der Waals surface area contributed by atoms with Crippen LogP contribution in [0.2, 0.25) is 0 Å². The summed E-state index contributed by atoms with van der Waals surface area (Å²) in [4.78, 5) is 12.9. The molecule has 17 heavy (non-hydrogen) atoms. The second-order valence-corrected chi connectivity index (χ2v) is 3.53. The van der Waals surface area contributed by atoms with Crippen LogP contribution in [0, 0.1) is 0 Å². The van der Waals surface area contributed by atoms with Crippen molar-refractivity contribution in [2.45, 2.75) is 13.3 Å². The Hall–Kier alpha value is -1.75. The van der Waals surface area contributed by atoms with Crippen LogP contribution in [0.25, 0.3) is 0 Å². The molecule has 0 aliphatic carbocycles. The van der Waals surface area contributed by atoms with E-state index in [0.717, 1.165) is 0 Å². The average molecular weight is 237 g/mol. The maximum atomic E-state index is 11.4. The third-order valence-corrected chi connectivity index (χ3v) is 2.31. The SMILES string of the molecule is CCOc1ccccc1N(CCCN)C(N)=O. The molecule has 5 heteroatoms. The molecular weight excluding hydrogens is 218 g/mol. The van der Waals surface area contributed by atoms with Gasteiger partial charge in [-0.2, -0.15) is 0 Å². The lowest BCUT2D eigenvalue weighted by molar-refractivity contribution is 0.253. The fourth-order valence-corrected chi connectivity index (χ4v) is 1.56. The van der Waals surface area contributed by atoms with Crippen molar-refractivity contribution in [1.29, 1.82) is 0 Å². The number of carbonyl (C=O) groups excluding carboxylic acids is 1. The number of hydrogen-bond acceptors (Lipinski definition) is 3. The van der Waals surface area contributed by atoms with Crippen LogP contribution in [-0.4, -0.2) is 25.7 Å². The van der Waals surface area contributed by atoms with Gasteiger partial charge in [-0.3, -0.25) is 4.90 Å². The second kappa shape index (κ2) is 6.75. The number of primary amides is 1. The third-order valence-electron chi connectivity index (χ3n) is 2.31. The lowest BCUT2D eigenvalue weighted by Gasteiger charge is -2.22. The number of benzene rings is 1. The summed E-state index contributed by atoms with van der Waals surface area (Å²) in [6, 6.07) is 6.83. The summed E-state index contributed by atoms with van der Waals surface area (Å²) in [7, 11) is 0. The highest BCUT2D eigenvalue weighted by atomic mass is 16.5. The van der Waals surface area contributed by atoms with Crippen molar-refractivity contribution < 1.29 is 9.53 Å². The van der Waals surface area contributed by atoms with Gasteiger partial charge in [-0.15, -0.1) is 0 Å².